The first-order valence-electron chi connectivity index (χ1n) is 11.4. The van der Waals surface area contributed by atoms with Gasteiger partial charge in [-0.3, -0.25) is 4.79 Å². The highest BCUT2D eigenvalue weighted by Gasteiger charge is 2.30. The molecule has 2 saturated heterocycles. The molecule has 2 aliphatic heterocycles. The number of rotatable bonds is 4. The molecule has 0 unspecified atom stereocenters. The van der Waals surface area contributed by atoms with Crippen LogP contribution in [-0.4, -0.2) is 65.4 Å². The molecular weight excluding hydrogens is 398 g/mol. The molecule has 0 N–H and O–H groups in total. The van der Waals surface area contributed by atoms with Gasteiger partial charge in [0.2, 0.25) is 0 Å². The lowest BCUT2D eigenvalue weighted by Crippen LogP contribution is -2.49. The highest BCUT2D eigenvalue weighted by atomic mass is 16.2. The van der Waals surface area contributed by atoms with Crippen LogP contribution in [0.2, 0.25) is 0 Å². The molecular formula is C26H29N5O. The Kier molecular flexibility index (Phi) is 5.86. The first kappa shape index (κ1) is 20.6. The second-order valence-corrected chi connectivity index (χ2v) is 8.72. The Balaban J connectivity index is 1.36. The second-order valence-electron chi connectivity index (χ2n) is 8.72. The molecule has 1 amide bonds. The van der Waals surface area contributed by atoms with Crippen LogP contribution in [0.4, 0.5) is 5.82 Å². The van der Waals surface area contributed by atoms with Gasteiger partial charge in [-0.1, -0.05) is 42.5 Å². The van der Waals surface area contributed by atoms with E-state index in [1.54, 1.807) is 6.33 Å². The van der Waals surface area contributed by atoms with Gasteiger partial charge < -0.3 is 14.7 Å². The van der Waals surface area contributed by atoms with E-state index >= 15 is 0 Å². The number of amides is 1. The standard InChI is InChI=1S/C26H29N5O/c1-29-15-16-31(24(18-29)21-7-3-2-4-8-21)26(32)22-11-9-20(10-12-22)23-17-25(28-19-27-23)30-13-5-6-14-30/h2-4,7-12,17,19,24H,5-6,13-16,18H2,1H3/t24-/m0/s1. The van der Waals surface area contributed by atoms with E-state index in [2.05, 4.69) is 38.9 Å². The minimum absolute atomic E-state index is 0.0620. The van der Waals surface area contributed by atoms with Crippen molar-refractivity contribution < 1.29 is 4.79 Å². The molecule has 1 aromatic heterocycles. The van der Waals surface area contributed by atoms with Crippen molar-refractivity contribution in [3.8, 4) is 11.3 Å². The van der Waals surface area contributed by atoms with E-state index in [9.17, 15) is 4.79 Å². The van der Waals surface area contributed by atoms with Crippen molar-refractivity contribution in [2.45, 2.75) is 18.9 Å². The Bertz CT molecular complexity index is 1060. The summed E-state index contributed by atoms with van der Waals surface area (Å²) in [6.45, 7) is 4.55. The summed E-state index contributed by atoms with van der Waals surface area (Å²) in [6, 6.07) is 20.3. The van der Waals surface area contributed by atoms with Crippen molar-refractivity contribution in [1.82, 2.24) is 19.8 Å². The molecule has 5 rings (SSSR count). The minimum Gasteiger partial charge on any atom is -0.357 e. The third-order valence-electron chi connectivity index (χ3n) is 6.54. The predicted molar refractivity (Wildman–Crippen MR) is 127 cm³/mol. The quantitative estimate of drug-likeness (QED) is 0.633. The van der Waals surface area contributed by atoms with Crippen LogP contribution in [-0.2, 0) is 0 Å². The summed E-state index contributed by atoms with van der Waals surface area (Å²) in [6.07, 6.45) is 4.07. The van der Waals surface area contributed by atoms with Gasteiger partial charge in [0.25, 0.3) is 5.91 Å². The zero-order valence-corrected chi connectivity index (χ0v) is 18.5. The zero-order chi connectivity index (χ0) is 21.9. The van der Waals surface area contributed by atoms with Gasteiger partial charge in [-0.05, 0) is 37.6 Å². The maximum atomic E-state index is 13.4. The highest BCUT2D eigenvalue weighted by molar-refractivity contribution is 5.95. The molecule has 0 bridgehead atoms. The maximum Gasteiger partial charge on any atom is 0.254 e. The second kappa shape index (κ2) is 9.09. The Hall–Kier alpha value is -3.25. The number of hydrogen-bond acceptors (Lipinski definition) is 5. The Morgan fingerprint density at radius 3 is 2.41 bits per heavy atom. The van der Waals surface area contributed by atoms with Gasteiger partial charge in [-0.2, -0.15) is 0 Å². The van der Waals surface area contributed by atoms with Crippen molar-refractivity contribution in [3.05, 3.63) is 78.1 Å². The van der Waals surface area contributed by atoms with E-state index < -0.39 is 0 Å². The summed E-state index contributed by atoms with van der Waals surface area (Å²) in [5, 5.41) is 0. The number of piperazine rings is 1. The monoisotopic (exact) mass is 427 g/mol. The molecule has 164 valence electrons. The molecule has 0 aliphatic carbocycles. The predicted octanol–water partition coefficient (Wildman–Crippen LogP) is 3.87. The summed E-state index contributed by atoms with van der Waals surface area (Å²) in [5.74, 6) is 1.06. The Labute approximate surface area is 189 Å². The van der Waals surface area contributed by atoms with Crippen LogP contribution in [0, 0.1) is 0 Å². The molecule has 1 atom stereocenters. The van der Waals surface area contributed by atoms with E-state index in [4.69, 9.17) is 0 Å². The Morgan fingerprint density at radius 1 is 0.906 bits per heavy atom. The van der Waals surface area contributed by atoms with Crippen molar-refractivity contribution in [2.75, 3.05) is 44.7 Å². The summed E-state index contributed by atoms with van der Waals surface area (Å²) >= 11 is 0. The van der Waals surface area contributed by atoms with Gasteiger partial charge in [0.05, 0.1) is 11.7 Å². The third kappa shape index (κ3) is 4.23. The van der Waals surface area contributed by atoms with Gasteiger partial charge in [0.15, 0.2) is 0 Å². The van der Waals surface area contributed by atoms with Crippen LogP contribution in [0.15, 0.2) is 67.0 Å². The number of aromatic nitrogens is 2. The van der Waals surface area contributed by atoms with E-state index in [1.807, 2.05) is 53.4 Å². The van der Waals surface area contributed by atoms with E-state index in [1.165, 1.54) is 18.4 Å². The SMILES string of the molecule is CN1CCN(C(=O)c2ccc(-c3cc(N4CCCC4)ncn3)cc2)[C@H](c2ccccc2)C1. The first-order valence-corrected chi connectivity index (χ1v) is 11.4. The van der Waals surface area contributed by atoms with Crippen LogP contribution in [0.5, 0.6) is 0 Å². The van der Waals surface area contributed by atoms with Crippen LogP contribution >= 0.6 is 0 Å². The number of hydrogen-bond donors (Lipinski definition) is 0. The smallest absolute Gasteiger partial charge is 0.254 e. The van der Waals surface area contributed by atoms with Gasteiger partial charge in [-0.15, -0.1) is 0 Å². The normalized spacial score (nSPS) is 19.3. The van der Waals surface area contributed by atoms with E-state index in [0.29, 0.717) is 5.56 Å². The van der Waals surface area contributed by atoms with Crippen LogP contribution in [0.3, 0.4) is 0 Å². The van der Waals surface area contributed by atoms with Crippen LogP contribution in [0.1, 0.15) is 34.8 Å². The van der Waals surface area contributed by atoms with Crippen molar-refractivity contribution in [2.24, 2.45) is 0 Å². The van der Waals surface area contributed by atoms with Gasteiger partial charge in [-0.25, -0.2) is 9.97 Å². The largest absolute Gasteiger partial charge is 0.357 e. The number of carbonyl (C=O) groups excluding carboxylic acids is 1. The summed E-state index contributed by atoms with van der Waals surface area (Å²) in [7, 11) is 2.12. The van der Waals surface area contributed by atoms with Crippen molar-refractivity contribution >= 4 is 11.7 Å². The van der Waals surface area contributed by atoms with Gasteiger partial charge in [0.1, 0.15) is 12.1 Å². The van der Waals surface area contributed by atoms with Gasteiger partial charge in [0, 0.05) is 49.9 Å². The lowest BCUT2D eigenvalue weighted by molar-refractivity contribution is 0.0498. The highest BCUT2D eigenvalue weighted by Crippen LogP contribution is 2.28. The van der Waals surface area contributed by atoms with Gasteiger partial charge >= 0.3 is 0 Å². The molecule has 0 spiro atoms. The number of carbonyl (C=O) groups is 1. The first-order chi connectivity index (χ1) is 15.7. The lowest BCUT2D eigenvalue weighted by atomic mass is 10.0. The summed E-state index contributed by atoms with van der Waals surface area (Å²) in [4.78, 5) is 29.0. The number of likely N-dealkylation sites (N-methyl/N-ethyl adjacent to an activating group) is 1. The average Bonchev–Trinajstić information content (AvgIpc) is 3.40. The van der Waals surface area contributed by atoms with Crippen LogP contribution < -0.4 is 4.90 Å². The number of nitrogens with zero attached hydrogens (tertiary/aromatic N) is 5. The summed E-state index contributed by atoms with van der Waals surface area (Å²) in [5.41, 5.74) is 3.79. The number of anilines is 1. The molecule has 3 aromatic rings. The molecule has 6 nitrogen and oxygen atoms in total. The third-order valence-corrected chi connectivity index (χ3v) is 6.54. The van der Waals surface area contributed by atoms with Crippen LogP contribution in [0.25, 0.3) is 11.3 Å². The zero-order valence-electron chi connectivity index (χ0n) is 18.5. The fourth-order valence-electron chi connectivity index (χ4n) is 4.70. The average molecular weight is 428 g/mol. The maximum absolute atomic E-state index is 13.4. The number of benzene rings is 2. The molecule has 2 fully saturated rings. The molecule has 32 heavy (non-hydrogen) atoms. The topological polar surface area (TPSA) is 52.6 Å². The molecule has 0 radical (unpaired) electrons. The molecule has 2 aliphatic rings. The lowest BCUT2D eigenvalue weighted by Gasteiger charge is -2.40. The fourth-order valence-corrected chi connectivity index (χ4v) is 4.70. The molecule has 3 heterocycles. The van der Waals surface area contributed by atoms with Crippen molar-refractivity contribution in [3.63, 3.8) is 0 Å². The molecule has 6 heteroatoms. The minimum atomic E-state index is 0.0620. The van der Waals surface area contributed by atoms with E-state index in [0.717, 1.165) is 49.8 Å². The Morgan fingerprint density at radius 2 is 1.66 bits per heavy atom. The van der Waals surface area contributed by atoms with E-state index in [-0.39, 0.29) is 11.9 Å². The molecule has 0 saturated carbocycles. The fraction of sp³-hybridized carbons (Fsp3) is 0.346. The molecule has 2 aromatic carbocycles. The summed E-state index contributed by atoms with van der Waals surface area (Å²) < 4.78 is 0. The van der Waals surface area contributed by atoms with Crippen molar-refractivity contribution in [1.29, 1.82) is 0 Å².